The van der Waals surface area contributed by atoms with Crippen molar-refractivity contribution in [2.45, 2.75) is 38.6 Å². The normalized spacial score (nSPS) is 15.1. The molecule has 1 aliphatic rings. The molecule has 0 aliphatic heterocycles. The van der Waals surface area contributed by atoms with E-state index >= 15 is 0 Å². The van der Waals surface area contributed by atoms with E-state index in [9.17, 15) is 9.59 Å². The van der Waals surface area contributed by atoms with Crippen LogP contribution >= 0.6 is 12.6 Å². The Hall–Kier alpha value is -1.49. The van der Waals surface area contributed by atoms with Crippen LogP contribution in [-0.4, -0.2) is 23.6 Å². The number of hydrogen-bond donors (Lipinski definition) is 3. The van der Waals surface area contributed by atoms with Crippen molar-refractivity contribution in [3.05, 3.63) is 29.3 Å². The number of nitrogens with one attached hydrogen (secondary N) is 2. The first kappa shape index (κ1) is 14.9. The fourth-order valence-electron chi connectivity index (χ4n) is 2.56. The maximum absolute atomic E-state index is 12.2. The molecule has 0 spiro atoms. The third-order valence-electron chi connectivity index (χ3n) is 3.53. The molecule has 5 heteroatoms. The third kappa shape index (κ3) is 3.54. The topological polar surface area (TPSA) is 58.2 Å². The highest BCUT2D eigenvalue weighted by atomic mass is 32.1. The number of benzene rings is 1. The lowest BCUT2D eigenvalue weighted by Crippen LogP contribution is -2.44. The number of thiol groups is 1. The first-order chi connectivity index (χ1) is 9.61. The van der Waals surface area contributed by atoms with E-state index < -0.39 is 6.04 Å². The molecule has 20 heavy (non-hydrogen) atoms. The molecular formula is C15H20N2O2S. The van der Waals surface area contributed by atoms with Crippen molar-refractivity contribution in [2.75, 3.05) is 11.1 Å². The Labute approximate surface area is 124 Å². The van der Waals surface area contributed by atoms with E-state index in [1.54, 1.807) is 0 Å². The number of anilines is 1. The minimum atomic E-state index is -0.602. The van der Waals surface area contributed by atoms with Gasteiger partial charge in [-0.05, 0) is 42.9 Å². The van der Waals surface area contributed by atoms with Gasteiger partial charge < -0.3 is 10.6 Å². The zero-order valence-electron chi connectivity index (χ0n) is 11.6. The van der Waals surface area contributed by atoms with Crippen LogP contribution in [0.5, 0.6) is 0 Å². The number of carbonyl (C=O) groups is 2. The molecule has 0 saturated carbocycles. The maximum atomic E-state index is 12.2. The quantitative estimate of drug-likeness (QED) is 0.743. The van der Waals surface area contributed by atoms with Crippen molar-refractivity contribution >= 4 is 30.1 Å². The number of hydrogen-bond acceptors (Lipinski definition) is 3. The Kier molecular flexibility index (Phi) is 5.06. The predicted molar refractivity (Wildman–Crippen MR) is 83.2 cm³/mol. The van der Waals surface area contributed by atoms with Gasteiger partial charge in [0.1, 0.15) is 6.04 Å². The van der Waals surface area contributed by atoms with Crippen LogP contribution in [0.1, 0.15) is 30.9 Å². The molecule has 1 unspecified atom stereocenters. The Morgan fingerprint density at radius 1 is 1.30 bits per heavy atom. The molecule has 2 N–H and O–H groups in total. The zero-order valence-corrected chi connectivity index (χ0v) is 12.5. The number of fused-ring (bicyclic) bond motifs is 1. The van der Waals surface area contributed by atoms with Crippen LogP contribution < -0.4 is 10.6 Å². The fourth-order valence-corrected chi connectivity index (χ4v) is 2.81. The molecule has 0 fully saturated rings. The fraction of sp³-hybridized carbons (Fsp3) is 0.467. The first-order valence-corrected chi connectivity index (χ1v) is 7.54. The van der Waals surface area contributed by atoms with Gasteiger partial charge in [0.2, 0.25) is 11.8 Å². The third-order valence-corrected chi connectivity index (χ3v) is 3.90. The first-order valence-electron chi connectivity index (χ1n) is 6.91. The van der Waals surface area contributed by atoms with E-state index in [4.69, 9.17) is 0 Å². The van der Waals surface area contributed by atoms with Crippen molar-refractivity contribution < 1.29 is 9.59 Å². The molecule has 4 nitrogen and oxygen atoms in total. The average molecular weight is 292 g/mol. The van der Waals surface area contributed by atoms with Crippen molar-refractivity contribution in [1.29, 1.82) is 0 Å². The summed E-state index contributed by atoms with van der Waals surface area (Å²) in [5.41, 5.74) is 3.41. The van der Waals surface area contributed by atoms with Crippen LogP contribution in [0.25, 0.3) is 0 Å². The van der Waals surface area contributed by atoms with Crippen LogP contribution in [0.4, 0.5) is 5.69 Å². The molecule has 0 aromatic heterocycles. The molecule has 0 heterocycles. The van der Waals surface area contributed by atoms with E-state index in [1.165, 1.54) is 24.5 Å². The lowest BCUT2D eigenvalue weighted by atomic mass is 9.90. The van der Waals surface area contributed by atoms with E-state index in [0.29, 0.717) is 0 Å². The van der Waals surface area contributed by atoms with Crippen molar-refractivity contribution in [3.63, 3.8) is 0 Å². The number of carbonyl (C=O) groups excluding carboxylic acids is 2. The molecule has 2 amide bonds. The van der Waals surface area contributed by atoms with Crippen LogP contribution in [0.15, 0.2) is 18.2 Å². The second-order valence-corrected chi connectivity index (χ2v) is 5.44. The van der Waals surface area contributed by atoms with Crippen LogP contribution in [0.2, 0.25) is 0 Å². The SMILES string of the molecule is CC(=O)NC(CS)C(=O)Nc1cccc2c1CCCC2. The minimum Gasteiger partial charge on any atom is -0.344 e. The molecule has 1 atom stereocenters. The number of amides is 2. The van der Waals surface area contributed by atoms with Crippen LogP contribution in [-0.2, 0) is 22.4 Å². The standard InChI is InChI=1S/C15H20N2O2S/c1-10(18)16-14(9-20)15(19)17-13-8-4-6-11-5-2-3-7-12(11)13/h4,6,8,14,20H,2-3,5,7,9H2,1H3,(H,16,18)(H,17,19). The Balaban J connectivity index is 2.13. The highest BCUT2D eigenvalue weighted by Gasteiger charge is 2.20. The van der Waals surface area contributed by atoms with Gasteiger partial charge in [-0.25, -0.2) is 0 Å². The number of aryl methyl sites for hydroxylation is 1. The maximum Gasteiger partial charge on any atom is 0.247 e. The lowest BCUT2D eigenvalue weighted by Gasteiger charge is -2.21. The lowest BCUT2D eigenvalue weighted by molar-refractivity contribution is -0.124. The van der Waals surface area contributed by atoms with Gasteiger partial charge in [-0.1, -0.05) is 12.1 Å². The molecular weight excluding hydrogens is 272 g/mol. The largest absolute Gasteiger partial charge is 0.344 e. The van der Waals surface area contributed by atoms with E-state index in [2.05, 4.69) is 29.3 Å². The Bertz CT molecular complexity index is 517. The minimum absolute atomic E-state index is 0.214. The molecule has 0 saturated heterocycles. The Morgan fingerprint density at radius 3 is 2.75 bits per heavy atom. The summed E-state index contributed by atoms with van der Waals surface area (Å²) in [6.07, 6.45) is 4.43. The second-order valence-electron chi connectivity index (χ2n) is 5.08. The summed E-state index contributed by atoms with van der Waals surface area (Å²) in [6, 6.07) is 5.41. The van der Waals surface area contributed by atoms with Crippen molar-refractivity contribution in [1.82, 2.24) is 5.32 Å². The highest BCUT2D eigenvalue weighted by Crippen LogP contribution is 2.27. The van der Waals surface area contributed by atoms with Crippen molar-refractivity contribution in [3.8, 4) is 0 Å². The zero-order chi connectivity index (χ0) is 14.5. The summed E-state index contributed by atoms with van der Waals surface area (Å²) >= 11 is 4.12. The predicted octanol–water partition coefficient (Wildman–Crippen LogP) is 1.94. The molecule has 0 bridgehead atoms. The molecule has 1 aliphatic carbocycles. The van der Waals surface area contributed by atoms with Gasteiger partial charge in [0.05, 0.1) is 0 Å². The van der Waals surface area contributed by atoms with Crippen molar-refractivity contribution in [2.24, 2.45) is 0 Å². The second kappa shape index (κ2) is 6.79. The van der Waals surface area contributed by atoms with Crippen LogP contribution in [0.3, 0.4) is 0 Å². The molecule has 108 valence electrons. The van der Waals surface area contributed by atoms with Gasteiger partial charge in [0, 0.05) is 18.4 Å². The molecule has 1 aromatic rings. The van der Waals surface area contributed by atoms with Crippen LogP contribution in [0, 0.1) is 0 Å². The monoisotopic (exact) mass is 292 g/mol. The molecule has 2 rings (SSSR count). The smallest absolute Gasteiger partial charge is 0.247 e. The summed E-state index contributed by atoms with van der Waals surface area (Å²) in [7, 11) is 0. The van der Waals surface area contributed by atoms with E-state index in [-0.39, 0.29) is 17.6 Å². The van der Waals surface area contributed by atoms with Gasteiger partial charge >= 0.3 is 0 Å². The van der Waals surface area contributed by atoms with Gasteiger partial charge in [0.15, 0.2) is 0 Å². The summed E-state index contributed by atoms with van der Waals surface area (Å²) < 4.78 is 0. The molecule has 0 radical (unpaired) electrons. The van der Waals surface area contributed by atoms with Gasteiger partial charge in [0.25, 0.3) is 0 Å². The Morgan fingerprint density at radius 2 is 2.05 bits per heavy atom. The average Bonchev–Trinajstić information content (AvgIpc) is 2.45. The van der Waals surface area contributed by atoms with E-state index in [1.807, 2.05) is 12.1 Å². The summed E-state index contributed by atoms with van der Waals surface area (Å²) in [5, 5.41) is 5.53. The molecule has 1 aromatic carbocycles. The van der Waals surface area contributed by atoms with Gasteiger partial charge in [-0.3, -0.25) is 9.59 Å². The van der Waals surface area contributed by atoms with E-state index in [0.717, 1.165) is 24.9 Å². The highest BCUT2D eigenvalue weighted by molar-refractivity contribution is 7.80. The number of rotatable bonds is 4. The van der Waals surface area contributed by atoms with Gasteiger partial charge in [-0.2, -0.15) is 12.6 Å². The summed E-state index contributed by atoms with van der Waals surface area (Å²) in [5.74, 6) is -0.163. The summed E-state index contributed by atoms with van der Waals surface area (Å²) in [4.78, 5) is 23.3. The van der Waals surface area contributed by atoms with Gasteiger partial charge in [-0.15, -0.1) is 0 Å². The summed E-state index contributed by atoms with van der Waals surface area (Å²) in [6.45, 7) is 1.40.